The second-order valence-electron chi connectivity index (χ2n) is 3.20. The summed E-state index contributed by atoms with van der Waals surface area (Å²) in [7, 11) is 6.41. The molecule has 0 aromatic heterocycles. The summed E-state index contributed by atoms with van der Waals surface area (Å²) in [6, 6.07) is 1.13. The van der Waals surface area contributed by atoms with Crippen molar-refractivity contribution in [2.75, 3.05) is 34.9 Å². The van der Waals surface area contributed by atoms with Gasteiger partial charge in [-0.3, -0.25) is 0 Å². The highest BCUT2D eigenvalue weighted by atomic mass is 28.3. The molecule has 0 aliphatic carbocycles. The first-order chi connectivity index (χ1) is 5.70. The van der Waals surface area contributed by atoms with Gasteiger partial charge in [0, 0.05) is 14.2 Å². The molecule has 0 saturated carbocycles. The third-order valence-corrected chi connectivity index (χ3v) is 3.75. The SMILES string of the molecule is CO[SiH](CCCCN(C)C)OC. The summed E-state index contributed by atoms with van der Waals surface area (Å²) in [6.45, 7) is 1.16. The van der Waals surface area contributed by atoms with Crippen molar-refractivity contribution in [3.63, 3.8) is 0 Å². The van der Waals surface area contributed by atoms with Gasteiger partial charge in [0.2, 0.25) is 0 Å². The summed E-state index contributed by atoms with van der Waals surface area (Å²) in [4.78, 5) is 2.20. The van der Waals surface area contributed by atoms with Gasteiger partial charge < -0.3 is 13.8 Å². The molecule has 74 valence electrons. The van der Waals surface area contributed by atoms with Gasteiger partial charge in [0.25, 0.3) is 0 Å². The third-order valence-electron chi connectivity index (χ3n) is 1.82. The maximum atomic E-state index is 5.21. The molecule has 0 saturated heterocycles. The van der Waals surface area contributed by atoms with Crippen LogP contribution >= 0.6 is 0 Å². The zero-order chi connectivity index (χ0) is 9.40. The quantitative estimate of drug-likeness (QED) is 0.440. The van der Waals surface area contributed by atoms with Crippen LogP contribution in [0.4, 0.5) is 0 Å². The van der Waals surface area contributed by atoms with Gasteiger partial charge in [-0.15, -0.1) is 0 Å². The highest BCUT2D eigenvalue weighted by molar-refractivity contribution is 6.44. The second kappa shape index (κ2) is 7.73. The molecule has 12 heavy (non-hydrogen) atoms. The minimum absolute atomic E-state index is 1.13. The minimum atomic E-state index is -1.27. The molecule has 0 spiro atoms. The van der Waals surface area contributed by atoms with E-state index in [-0.39, 0.29) is 0 Å². The predicted octanol–water partition coefficient (Wildman–Crippen LogP) is 0.841. The standard InChI is InChI=1S/C8H21NO2Si/c1-9(2)7-5-6-8-12(10-3)11-4/h12H,5-8H2,1-4H3. The topological polar surface area (TPSA) is 21.7 Å². The molecule has 0 heterocycles. The lowest BCUT2D eigenvalue weighted by Gasteiger charge is -2.12. The van der Waals surface area contributed by atoms with Crippen LogP contribution in [-0.4, -0.2) is 49.0 Å². The Bertz CT molecular complexity index is 97.1. The van der Waals surface area contributed by atoms with E-state index in [1.165, 1.54) is 12.8 Å². The van der Waals surface area contributed by atoms with Crippen LogP contribution in [0.3, 0.4) is 0 Å². The Morgan fingerprint density at radius 1 is 1.08 bits per heavy atom. The van der Waals surface area contributed by atoms with Crippen molar-refractivity contribution >= 4 is 9.28 Å². The van der Waals surface area contributed by atoms with Crippen LogP contribution in [0.25, 0.3) is 0 Å². The van der Waals surface area contributed by atoms with Crippen molar-refractivity contribution in [1.82, 2.24) is 4.90 Å². The smallest absolute Gasteiger partial charge is 0.320 e. The van der Waals surface area contributed by atoms with Gasteiger partial charge >= 0.3 is 9.28 Å². The van der Waals surface area contributed by atoms with E-state index in [0.29, 0.717) is 0 Å². The highest BCUT2D eigenvalue weighted by Gasteiger charge is 2.07. The first kappa shape index (κ1) is 12.1. The number of hydrogen-bond acceptors (Lipinski definition) is 3. The van der Waals surface area contributed by atoms with E-state index in [0.717, 1.165) is 12.6 Å². The summed E-state index contributed by atoms with van der Waals surface area (Å²) >= 11 is 0. The van der Waals surface area contributed by atoms with E-state index < -0.39 is 9.28 Å². The Labute approximate surface area is 77.5 Å². The molecule has 0 rings (SSSR count). The van der Waals surface area contributed by atoms with Crippen LogP contribution in [-0.2, 0) is 8.85 Å². The number of hydrogen-bond donors (Lipinski definition) is 0. The first-order valence-corrected chi connectivity index (χ1v) is 6.17. The summed E-state index contributed by atoms with van der Waals surface area (Å²) in [5.74, 6) is 0. The van der Waals surface area contributed by atoms with Gasteiger partial charge in [0.1, 0.15) is 0 Å². The molecule has 0 aromatic rings. The van der Waals surface area contributed by atoms with E-state index in [4.69, 9.17) is 8.85 Å². The Hall–Kier alpha value is 0.0969. The number of unbranched alkanes of at least 4 members (excludes halogenated alkanes) is 1. The van der Waals surface area contributed by atoms with E-state index in [1.54, 1.807) is 14.2 Å². The van der Waals surface area contributed by atoms with Crippen molar-refractivity contribution in [2.45, 2.75) is 18.9 Å². The average Bonchev–Trinajstić information content (AvgIpc) is 2.04. The number of rotatable bonds is 7. The summed E-state index contributed by atoms with van der Waals surface area (Å²) in [5, 5.41) is 0. The van der Waals surface area contributed by atoms with Gasteiger partial charge in [-0.05, 0) is 33.1 Å². The van der Waals surface area contributed by atoms with Gasteiger partial charge in [0.05, 0.1) is 0 Å². The molecule has 0 radical (unpaired) electrons. The summed E-state index contributed by atoms with van der Waals surface area (Å²) in [6.07, 6.45) is 2.46. The highest BCUT2D eigenvalue weighted by Crippen LogP contribution is 2.02. The lowest BCUT2D eigenvalue weighted by molar-refractivity contribution is 0.275. The normalized spacial score (nSPS) is 11.5. The monoisotopic (exact) mass is 191 g/mol. The predicted molar refractivity (Wildman–Crippen MR) is 53.8 cm³/mol. The van der Waals surface area contributed by atoms with Crippen LogP contribution in [0, 0.1) is 0 Å². The first-order valence-electron chi connectivity index (χ1n) is 4.41. The molecule has 0 fully saturated rings. The van der Waals surface area contributed by atoms with Crippen LogP contribution in [0.15, 0.2) is 0 Å². The fourth-order valence-corrected chi connectivity index (χ4v) is 2.36. The molecule has 0 aliphatic rings. The largest absolute Gasteiger partial charge is 0.400 e. The zero-order valence-corrected chi connectivity index (χ0v) is 9.82. The third kappa shape index (κ3) is 6.79. The Balaban J connectivity index is 3.17. The second-order valence-corrected chi connectivity index (χ2v) is 5.58. The molecule has 3 nitrogen and oxygen atoms in total. The molecular formula is C8H21NO2Si. The van der Waals surface area contributed by atoms with Crippen molar-refractivity contribution in [1.29, 1.82) is 0 Å². The van der Waals surface area contributed by atoms with Gasteiger partial charge in [-0.1, -0.05) is 6.42 Å². The molecule has 0 unspecified atom stereocenters. The van der Waals surface area contributed by atoms with E-state index in [2.05, 4.69) is 19.0 Å². The van der Waals surface area contributed by atoms with Crippen LogP contribution in [0.5, 0.6) is 0 Å². The van der Waals surface area contributed by atoms with E-state index >= 15 is 0 Å². The van der Waals surface area contributed by atoms with E-state index in [1.807, 2.05) is 0 Å². The van der Waals surface area contributed by atoms with Gasteiger partial charge in [0.15, 0.2) is 0 Å². The Morgan fingerprint density at radius 2 is 1.67 bits per heavy atom. The zero-order valence-electron chi connectivity index (χ0n) is 8.67. The molecule has 4 heteroatoms. The average molecular weight is 191 g/mol. The minimum Gasteiger partial charge on any atom is -0.400 e. The maximum Gasteiger partial charge on any atom is 0.320 e. The van der Waals surface area contributed by atoms with Gasteiger partial charge in [-0.2, -0.15) is 0 Å². The van der Waals surface area contributed by atoms with Crippen molar-refractivity contribution in [3.8, 4) is 0 Å². The Morgan fingerprint density at radius 3 is 2.08 bits per heavy atom. The summed E-state index contributed by atoms with van der Waals surface area (Å²) in [5.41, 5.74) is 0. The molecular weight excluding hydrogens is 170 g/mol. The fraction of sp³-hybridized carbons (Fsp3) is 1.00. The lowest BCUT2D eigenvalue weighted by atomic mass is 10.3. The molecule has 0 aliphatic heterocycles. The van der Waals surface area contributed by atoms with E-state index in [9.17, 15) is 0 Å². The Kier molecular flexibility index (Phi) is 7.79. The molecule has 0 bridgehead atoms. The van der Waals surface area contributed by atoms with Crippen LogP contribution in [0.2, 0.25) is 6.04 Å². The maximum absolute atomic E-state index is 5.21. The fourth-order valence-electron chi connectivity index (χ4n) is 1.07. The van der Waals surface area contributed by atoms with Crippen LogP contribution < -0.4 is 0 Å². The molecule has 0 atom stereocenters. The number of nitrogens with zero attached hydrogens (tertiary/aromatic N) is 1. The molecule has 0 N–H and O–H groups in total. The van der Waals surface area contributed by atoms with Crippen molar-refractivity contribution in [3.05, 3.63) is 0 Å². The van der Waals surface area contributed by atoms with Crippen molar-refractivity contribution < 1.29 is 8.85 Å². The van der Waals surface area contributed by atoms with Crippen molar-refractivity contribution in [2.24, 2.45) is 0 Å². The molecule has 0 aromatic carbocycles. The molecule has 0 amide bonds. The van der Waals surface area contributed by atoms with Gasteiger partial charge in [-0.25, -0.2) is 0 Å². The summed E-state index contributed by atoms with van der Waals surface area (Å²) < 4.78 is 10.4. The lowest BCUT2D eigenvalue weighted by Crippen LogP contribution is -2.19. The van der Waals surface area contributed by atoms with Crippen LogP contribution in [0.1, 0.15) is 12.8 Å².